The molecule has 3 nitrogen and oxygen atoms in total. The van der Waals surface area contributed by atoms with E-state index in [1.54, 1.807) is 11.3 Å². The van der Waals surface area contributed by atoms with Crippen molar-refractivity contribution >= 4 is 28.3 Å². The van der Waals surface area contributed by atoms with E-state index in [0.29, 0.717) is 0 Å². The smallest absolute Gasteiger partial charge is 0.211 e. The zero-order chi connectivity index (χ0) is 9.26. The molecule has 0 fully saturated rings. The van der Waals surface area contributed by atoms with Crippen LogP contribution in [0.4, 0.5) is 0 Å². The maximum atomic E-state index is 3.94. The lowest BCUT2D eigenvalue weighted by Crippen LogP contribution is -2.08. The van der Waals surface area contributed by atoms with Crippen molar-refractivity contribution < 1.29 is 0 Å². The predicted molar refractivity (Wildman–Crippen MR) is 55.9 cm³/mol. The highest BCUT2D eigenvalue weighted by Gasteiger charge is 1.99. The van der Waals surface area contributed by atoms with Crippen LogP contribution in [0.5, 0.6) is 0 Å². The molecule has 0 aliphatic heterocycles. The van der Waals surface area contributed by atoms with E-state index in [2.05, 4.69) is 29.1 Å². The fourth-order valence-corrected chi connectivity index (χ4v) is 2.23. The maximum absolute atomic E-state index is 3.94. The molecule has 1 aromatic carbocycles. The molecule has 0 aliphatic rings. The Bertz CT molecular complexity index is 507. The van der Waals surface area contributed by atoms with Gasteiger partial charge in [-0.15, -0.1) is 5.10 Å². The normalized spacial score (nSPS) is 12.2. The van der Waals surface area contributed by atoms with Crippen molar-refractivity contribution in [2.75, 3.05) is 0 Å². The molecule has 1 heterocycles. The van der Waals surface area contributed by atoms with E-state index in [0.717, 1.165) is 4.80 Å². The number of hydrogen-bond donors (Lipinski definition) is 0. The van der Waals surface area contributed by atoms with Crippen LogP contribution in [-0.2, 0) is 7.05 Å². The molecule has 0 N–H and O–H groups in total. The summed E-state index contributed by atoms with van der Waals surface area (Å²) in [4.78, 5) is 0.871. The largest absolute Gasteiger partial charge is 0.318 e. The van der Waals surface area contributed by atoms with Crippen molar-refractivity contribution in [1.29, 1.82) is 0 Å². The predicted octanol–water partition coefficient (Wildman–Crippen LogP) is 1.76. The van der Waals surface area contributed by atoms with Crippen molar-refractivity contribution in [3.05, 3.63) is 29.1 Å². The van der Waals surface area contributed by atoms with Gasteiger partial charge in [0, 0.05) is 13.8 Å². The van der Waals surface area contributed by atoms with Gasteiger partial charge >= 0.3 is 0 Å². The minimum Gasteiger partial charge on any atom is -0.318 e. The Morgan fingerprint density at radius 1 is 1.38 bits per heavy atom. The molecule has 0 spiro atoms. The molecule has 0 atom stereocenters. The van der Waals surface area contributed by atoms with E-state index < -0.39 is 0 Å². The molecule has 0 saturated heterocycles. The van der Waals surface area contributed by atoms with Gasteiger partial charge in [0.05, 0.1) is 10.2 Å². The number of aryl methyl sites for hydroxylation is 1. The van der Waals surface area contributed by atoms with Gasteiger partial charge in [-0.05, 0) is 12.1 Å². The van der Waals surface area contributed by atoms with Gasteiger partial charge in [-0.25, -0.2) is 0 Å². The molecule has 2 aromatic rings. The summed E-state index contributed by atoms with van der Waals surface area (Å²) in [6.07, 6.45) is 0. The van der Waals surface area contributed by atoms with Crippen LogP contribution in [0, 0.1) is 0 Å². The third-order valence-electron chi connectivity index (χ3n) is 1.87. The second-order valence-electron chi connectivity index (χ2n) is 2.65. The third kappa shape index (κ3) is 1.29. The first kappa shape index (κ1) is 8.19. The lowest BCUT2D eigenvalue weighted by atomic mass is 10.3. The molecule has 1 aromatic heterocycles. The quantitative estimate of drug-likeness (QED) is 0.485. The highest BCUT2D eigenvalue weighted by atomic mass is 32.1. The summed E-state index contributed by atoms with van der Waals surface area (Å²) in [5.41, 5.74) is 1.18. The van der Waals surface area contributed by atoms with E-state index >= 15 is 0 Å². The molecular formula is C9H9N3S. The average Bonchev–Trinajstić information content (AvgIpc) is 2.46. The number of aromatic nitrogens is 1. The van der Waals surface area contributed by atoms with E-state index in [4.69, 9.17) is 0 Å². The second kappa shape index (κ2) is 3.14. The molecule has 13 heavy (non-hydrogen) atoms. The standard InChI is InChI=1S/C9H9N3S/c1-10-11-9-12(2)7-5-3-4-6-8(7)13-9/h3-6H,1H2,2H3/b11-9+. The van der Waals surface area contributed by atoms with E-state index in [9.17, 15) is 0 Å². The zero-order valence-electron chi connectivity index (χ0n) is 7.27. The fourth-order valence-electron chi connectivity index (χ4n) is 1.24. The molecule has 0 amide bonds. The van der Waals surface area contributed by atoms with Gasteiger partial charge in [-0.3, -0.25) is 0 Å². The second-order valence-corrected chi connectivity index (χ2v) is 3.66. The first-order valence-electron chi connectivity index (χ1n) is 3.87. The fraction of sp³-hybridized carbons (Fsp3) is 0.111. The number of rotatable bonds is 1. The Labute approximate surface area is 79.7 Å². The Kier molecular flexibility index (Phi) is 1.98. The number of benzene rings is 1. The first-order valence-corrected chi connectivity index (χ1v) is 4.69. The van der Waals surface area contributed by atoms with Crippen molar-refractivity contribution in [2.45, 2.75) is 0 Å². The van der Waals surface area contributed by atoms with Crippen molar-refractivity contribution in [3.63, 3.8) is 0 Å². The van der Waals surface area contributed by atoms with Crippen LogP contribution in [0.2, 0.25) is 0 Å². The van der Waals surface area contributed by atoms with E-state index in [1.165, 1.54) is 10.2 Å². The molecule has 4 heteroatoms. The lowest BCUT2D eigenvalue weighted by Gasteiger charge is -1.91. The maximum Gasteiger partial charge on any atom is 0.211 e. The van der Waals surface area contributed by atoms with E-state index in [-0.39, 0.29) is 0 Å². The summed E-state index contributed by atoms with van der Waals surface area (Å²) in [6.45, 7) is 3.34. The van der Waals surface area contributed by atoms with Gasteiger partial charge in [0.1, 0.15) is 0 Å². The monoisotopic (exact) mass is 191 g/mol. The molecule has 66 valence electrons. The molecule has 0 aliphatic carbocycles. The number of para-hydroxylation sites is 1. The van der Waals surface area contributed by atoms with Crippen LogP contribution in [0.25, 0.3) is 10.2 Å². The van der Waals surface area contributed by atoms with Crippen LogP contribution < -0.4 is 4.80 Å². The molecule has 0 saturated carbocycles. The summed E-state index contributed by atoms with van der Waals surface area (Å²) >= 11 is 1.61. The Morgan fingerprint density at radius 2 is 2.15 bits per heavy atom. The van der Waals surface area contributed by atoms with Crippen LogP contribution in [0.15, 0.2) is 34.5 Å². The van der Waals surface area contributed by atoms with Crippen molar-refractivity contribution in [1.82, 2.24) is 4.57 Å². The van der Waals surface area contributed by atoms with Crippen LogP contribution >= 0.6 is 11.3 Å². The van der Waals surface area contributed by atoms with Gasteiger partial charge in [-0.2, -0.15) is 5.10 Å². The molecule has 0 radical (unpaired) electrons. The first-order chi connectivity index (χ1) is 6.33. The number of hydrogen-bond acceptors (Lipinski definition) is 3. The Hall–Kier alpha value is -1.42. The highest BCUT2D eigenvalue weighted by molar-refractivity contribution is 7.16. The summed E-state index contributed by atoms with van der Waals surface area (Å²) in [5, 5.41) is 7.47. The minimum atomic E-state index is 0.871. The summed E-state index contributed by atoms with van der Waals surface area (Å²) in [7, 11) is 1.98. The van der Waals surface area contributed by atoms with Gasteiger partial charge in [-0.1, -0.05) is 23.5 Å². The van der Waals surface area contributed by atoms with Crippen molar-refractivity contribution in [2.24, 2.45) is 17.3 Å². The molecular weight excluding hydrogens is 182 g/mol. The molecule has 0 unspecified atom stereocenters. The van der Waals surface area contributed by atoms with Gasteiger partial charge in [0.25, 0.3) is 0 Å². The summed E-state index contributed by atoms with van der Waals surface area (Å²) in [6, 6.07) is 8.17. The number of thiazole rings is 1. The van der Waals surface area contributed by atoms with E-state index in [1.807, 2.05) is 23.7 Å². The van der Waals surface area contributed by atoms with Crippen LogP contribution in [0.1, 0.15) is 0 Å². The van der Waals surface area contributed by atoms with Gasteiger partial charge < -0.3 is 4.57 Å². The molecule has 0 bridgehead atoms. The van der Waals surface area contributed by atoms with Gasteiger partial charge in [0.2, 0.25) is 4.80 Å². The average molecular weight is 191 g/mol. The third-order valence-corrected chi connectivity index (χ3v) is 2.97. The molecule has 2 rings (SSSR count). The Balaban J connectivity index is 2.89. The van der Waals surface area contributed by atoms with Crippen LogP contribution in [0.3, 0.4) is 0 Å². The number of nitrogens with zero attached hydrogens (tertiary/aromatic N) is 3. The SMILES string of the molecule is C=N/N=c1/sc2ccccc2n1C. The Morgan fingerprint density at radius 3 is 2.85 bits per heavy atom. The number of fused-ring (bicyclic) bond motifs is 1. The summed E-state index contributed by atoms with van der Waals surface area (Å²) in [5.74, 6) is 0. The van der Waals surface area contributed by atoms with Crippen LogP contribution in [-0.4, -0.2) is 11.3 Å². The summed E-state index contributed by atoms with van der Waals surface area (Å²) < 4.78 is 3.22. The van der Waals surface area contributed by atoms with Gasteiger partial charge in [0.15, 0.2) is 0 Å². The van der Waals surface area contributed by atoms with Crippen molar-refractivity contribution in [3.8, 4) is 0 Å². The topological polar surface area (TPSA) is 29.6 Å². The lowest BCUT2D eigenvalue weighted by molar-refractivity contribution is 0.890. The highest BCUT2D eigenvalue weighted by Crippen LogP contribution is 2.14. The zero-order valence-corrected chi connectivity index (χ0v) is 8.08. The minimum absolute atomic E-state index is 0.871.